The quantitative estimate of drug-likeness (QED) is 0.517. The Bertz CT molecular complexity index is 761. The molecule has 8 heteroatoms. The summed E-state index contributed by atoms with van der Waals surface area (Å²) in [5, 5.41) is 0.316. The molecule has 26 heavy (non-hydrogen) atoms. The largest absolute Gasteiger partial charge is 0.460 e. The molecule has 0 N–H and O–H groups in total. The second kappa shape index (κ2) is 8.35. The molecule has 1 aliphatic heterocycles. The van der Waals surface area contributed by atoms with Crippen LogP contribution < -0.4 is 0 Å². The fourth-order valence-electron chi connectivity index (χ4n) is 2.95. The molecule has 1 aromatic rings. The Labute approximate surface area is 163 Å². The standard InChI is InChI=1S/C18H25BrFNO4S/c1-18(2,3)25-17(22)13-5-4-9-21(10-8-13)26(23,24)16-11-15(20)7-6-14(16)12-19/h6-7,11,13H,4-5,8-10,12H2,1-3H3. The summed E-state index contributed by atoms with van der Waals surface area (Å²) >= 11 is 3.25. The molecule has 5 nitrogen and oxygen atoms in total. The van der Waals surface area contributed by atoms with Crippen molar-refractivity contribution in [2.45, 2.75) is 55.9 Å². The molecule has 1 heterocycles. The molecule has 0 saturated carbocycles. The molecule has 2 rings (SSSR count). The van der Waals surface area contributed by atoms with Gasteiger partial charge in [-0.25, -0.2) is 12.8 Å². The summed E-state index contributed by atoms with van der Waals surface area (Å²) in [6.07, 6.45) is 1.53. The van der Waals surface area contributed by atoms with Gasteiger partial charge in [0.15, 0.2) is 0 Å². The summed E-state index contributed by atoms with van der Waals surface area (Å²) < 4.78 is 46.4. The van der Waals surface area contributed by atoms with E-state index in [0.29, 0.717) is 36.7 Å². The first-order valence-corrected chi connectivity index (χ1v) is 11.2. The lowest BCUT2D eigenvalue weighted by atomic mass is 10.0. The molecule has 0 aliphatic carbocycles. The molecule has 0 spiro atoms. The van der Waals surface area contributed by atoms with Gasteiger partial charge in [-0.3, -0.25) is 4.79 Å². The Balaban J connectivity index is 2.18. The lowest BCUT2D eigenvalue weighted by Gasteiger charge is -2.24. The first kappa shape index (κ1) is 21.3. The summed E-state index contributed by atoms with van der Waals surface area (Å²) in [6.45, 7) is 5.95. The molecular formula is C18H25BrFNO4S. The molecule has 0 radical (unpaired) electrons. The second-order valence-electron chi connectivity index (χ2n) is 7.45. The normalized spacial score (nSPS) is 19.8. The van der Waals surface area contributed by atoms with Gasteiger partial charge < -0.3 is 4.74 Å². The molecule has 0 bridgehead atoms. The van der Waals surface area contributed by atoms with Crippen molar-refractivity contribution in [2.24, 2.45) is 5.92 Å². The van der Waals surface area contributed by atoms with Crippen LogP contribution in [-0.4, -0.2) is 37.4 Å². The van der Waals surface area contributed by atoms with Crippen molar-refractivity contribution in [3.05, 3.63) is 29.6 Å². The van der Waals surface area contributed by atoms with E-state index in [1.54, 1.807) is 0 Å². The number of carbonyl (C=O) groups is 1. The van der Waals surface area contributed by atoms with E-state index in [1.807, 2.05) is 20.8 Å². The number of sulfonamides is 1. The van der Waals surface area contributed by atoms with E-state index in [1.165, 1.54) is 16.4 Å². The van der Waals surface area contributed by atoms with E-state index < -0.39 is 21.4 Å². The van der Waals surface area contributed by atoms with Crippen LogP contribution in [0.25, 0.3) is 0 Å². The third kappa shape index (κ3) is 5.27. The van der Waals surface area contributed by atoms with Gasteiger partial charge in [-0.15, -0.1) is 0 Å². The minimum atomic E-state index is -3.82. The van der Waals surface area contributed by atoms with E-state index >= 15 is 0 Å². The third-order valence-corrected chi connectivity index (χ3v) is 6.80. The number of benzene rings is 1. The second-order valence-corrected chi connectivity index (χ2v) is 9.92. The van der Waals surface area contributed by atoms with Gasteiger partial charge in [-0.05, 0) is 57.7 Å². The minimum absolute atomic E-state index is 0.0231. The maximum atomic E-state index is 13.6. The summed E-state index contributed by atoms with van der Waals surface area (Å²) in [4.78, 5) is 12.3. The van der Waals surface area contributed by atoms with Gasteiger partial charge in [0.1, 0.15) is 11.4 Å². The van der Waals surface area contributed by atoms with E-state index in [-0.39, 0.29) is 23.3 Å². The molecule has 146 valence electrons. The van der Waals surface area contributed by atoms with Crippen LogP contribution in [0.5, 0.6) is 0 Å². The van der Waals surface area contributed by atoms with Crippen LogP contribution in [0, 0.1) is 11.7 Å². The highest BCUT2D eigenvalue weighted by atomic mass is 79.9. The number of esters is 1. The van der Waals surface area contributed by atoms with Crippen molar-refractivity contribution in [3.8, 4) is 0 Å². The number of carbonyl (C=O) groups excluding carboxylic acids is 1. The molecule has 1 atom stereocenters. The average molecular weight is 450 g/mol. The van der Waals surface area contributed by atoms with Gasteiger partial charge in [-0.2, -0.15) is 4.31 Å². The van der Waals surface area contributed by atoms with Gasteiger partial charge in [0, 0.05) is 18.4 Å². The van der Waals surface area contributed by atoms with Crippen molar-refractivity contribution >= 4 is 31.9 Å². The first-order chi connectivity index (χ1) is 12.0. The average Bonchev–Trinajstić information content (AvgIpc) is 2.80. The smallest absolute Gasteiger partial charge is 0.309 e. The molecule has 0 amide bonds. The van der Waals surface area contributed by atoms with Crippen LogP contribution >= 0.6 is 15.9 Å². The Hall–Kier alpha value is -0.990. The summed E-state index contributed by atoms with van der Waals surface area (Å²) in [5.74, 6) is -1.20. The Morgan fingerprint density at radius 1 is 1.31 bits per heavy atom. The predicted molar refractivity (Wildman–Crippen MR) is 101 cm³/mol. The van der Waals surface area contributed by atoms with E-state index in [0.717, 1.165) is 6.07 Å². The fourth-order valence-corrected chi connectivity index (χ4v) is 5.35. The van der Waals surface area contributed by atoms with Gasteiger partial charge >= 0.3 is 5.97 Å². The van der Waals surface area contributed by atoms with Crippen LogP contribution in [0.1, 0.15) is 45.6 Å². The van der Waals surface area contributed by atoms with Gasteiger partial charge in [0.2, 0.25) is 10.0 Å². The molecule has 1 saturated heterocycles. The predicted octanol–water partition coefficient (Wildman–Crippen LogP) is 3.85. The van der Waals surface area contributed by atoms with Gasteiger partial charge in [0.25, 0.3) is 0 Å². The summed E-state index contributed by atoms with van der Waals surface area (Å²) in [6, 6.07) is 3.77. The van der Waals surface area contributed by atoms with Crippen molar-refractivity contribution < 1.29 is 22.3 Å². The number of nitrogens with zero attached hydrogens (tertiary/aromatic N) is 1. The number of alkyl halides is 1. The third-order valence-electron chi connectivity index (χ3n) is 4.22. The molecule has 1 fully saturated rings. The SMILES string of the molecule is CC(C)(C)OC(=O)C1CCCN(S(=O)(=O)c2cc(F)ccc2CBr)CC1. The number of halogens is 2. The molecule has 1 aromatic carbocycles. The monoisotopic (exact) mass is 449 g/mol. The van der Waals surface area contributed by atoms with Crippen molar-refractivity contribution in [3.63, 3.8) is 0 Å². The Kier molecular flexibility index (Phi) is 6.85. The first-order valence-electron chi connectivity index (χ1n) is 8.62. The highest BCUT2D eigenvalue weighted by Crippen LogP contribution is 2.28. The lowest BCUT2D eigenvalue weighted by Crippen LogP contribution is -2.33. The van der Waals surface area contributed by atoms with E-state index in [2.05, 4.69) is 15.9 Å². The summed E-state index contributed by atoms with van der Waals surface area (Å²) in [5.41, 5.74) is -0.0547. The lowest BCUT2D eigenvalue weighted by molar-refractivity contribution is -0.160. The van der Waals surface area contributed by atoms with Crippen molar-refractivity contribution in [1.29, 1.82) is 0 Å². The minimum Gasteiger partial charge on any atom is -0.460 e. The molecular weight excluding hydrogens is 425 g/mol. The number of hydrogen-bond donors (Lipinski definition) is 0. The number of rotatable bonds is 4. The Morgan fingerprint density at radius 2 is 2.00 bits per heavy atom. The highest BCUT2D eigenvalue weighted by Gasteiger charge is 2.33. The zero-order valence-electron chi connectivity index (χ0n) is 15.3. The van der Waals surface area contributed by atoms with Crippen LogP contribution in [0.15, 0.2) is 23.1 Å². The van der Waals surface area contributed by atoms with Crippen LogP contribution in [0.3, 0.4) is 0 Å². The highest BCUT2D eigenvalue weighted by molar-refractivity contribution is 9.08. The van der Waals surface area contributed by atoms with Crippen molar-refractivity contribution in [1.82, 2.24) is 4.31 Å². The van der Waals surface area contributed by atoms with E-state index in [9.17, 15) is 17.6 Å². The Morgan fingerprint density at radius 3 is 2.62 bits per heavy atom. The maximum Gasteiger partial charge on any atom is 0.309 e. The van der Waals surface area contributed by atoms with Crippen LogP contribution in [0.2, 0.25) is 0 Å². The number of ether oxygens (including phenoxy) is 1. The molecule has 1 unspecified atom stereocenters. The summed E-state index contributed by atoms with van der Waals surface area (Å²) in [7, 11) is -3.82. The number of hydrogen-bond acceptors (Lipinski definition) is 4. The zero-order valence-corrected chi connectivity index (χ0v) is 17.7. The zero-order chi connectivity index (χ0) is 19.5. The molecule has 1 aliphatic rings. The maximum absolute atomic E-state index is 13.6. The van der Waals surface area contributed by atoms with Crippen molar-refractivity contribution in [2.75, 3.05) is 13.1 Å². The van der Waals surface area contributed by atoms with Crippen LogP contribution in [0.4, 0.5) is 4.39 Å². The van der Waals surface area contributed by atoms with Crippen LogP contribution in [-0.2, 0) is 24.9 Å². The van der Waals surface area contributed by atoms with Gasteiger partial charge in [-0.1, -0.05) is 22.0 Å². The topological polar surface area (TPSA) is 63.7 Å². The van der Waals surface area contributed by atoms with Gasteiger partial charge in [0.05, 0.1) is 10.8 Å². The fraction of sp³-hybridized carbons (Fsp3) is 0.611. The van der Waals surface area contributed by atoms with E-state index in [4.69, 9.17) is 4.74 Å². The molecule has 0 aromatic heterocycles.